The highest BCUT2D eigenvalue weighted by atomic mass is 35.5. The maximum absolute atomic E-state index is 5.91. The van der Waals surface area contributed by atoms with Crippen molar-refractivity contribution in [2.24, 2.45) is 11.3 Å². The molecule has 0 unspecified atom stereocenters. The van der Waals surface area contributed by atoms with E-state index in [0.29, 0.717) is 11.1 Å². The van der Waals surface area contributed by atoms with E-state index in [1.165, 1.54) is 25.7 Å². The Kier molecular flexibility index (Phi) is 2.09. The van der Waals surface area contributed by atoms with Crippen molar-refractivity contribution in [2.45, 2.75) is 25.7 Å². The molecule has 0 atom stereocenters. The van der Waals surface area contributed by atoms with Crippen molar-refractivity contribution in [1.29, 1.82) is 0 Å². The number of aromatic amines is 1. The first-order valence-electron chi connectivity index (χ1n) is 6.37. The van der Waals surface area contributed by atoms with Gasteiger partial charge in [-0.15, -0.1) is 0 Å². The fourth-order valence-corrected chi connectivity index (χ4v) is 2.96. The number of anilines is 1. The van der Waals surface area contributed by atoms with Crippen LogP contribution in [-0.2, 0) is 0 Å². The van der Waals surface area contributed by atoms with E-state index in [2.05, 4.69) is 25.5 Å². The molecule has 2 saturated carbocycles. The van der Waals surface area contributed by atoms with Crippen LogP contribution in [0.3, 0.4) is 0 Å². The summed E-state index contributed by atoms with van der Waals surface area (Å²) in [6.07, 6.45) is 7.22. The number of fused-ring (bicyclic) bond motifs is 1. The fourth-order valence-electron chi connectivity index (χ4n) is 2.79. The zero-order valence-corrected chi connectivity index (χ0v) is 10.7. The van der Waals surface area contributed by atoms with E-state index in [-0.39, 0.29) is 5.28 Å². The maximum Gasteiger partial charge on any atom is 0.226 e. The molecule has 4 rings (SSSR count). The van der Waals surface area contributed by atoms with Gasteiger partial charge in [-0.3, -0.25) is 5.10 Å². The summed E-state index contributed by atoms with van der Waals surface area (Å²) in [6, 6.07) is 0. The highest BCUT2D eigenvalue weighted by Gasteiger charge is 2.53. The summed E-state index contributed by atoms with van der Waals surface area (Å²) in [5.41, 5.74) is 1.22. The highest BCUT2D eigenvalue weighted by molar-refractivity contribution is 6.28. The molecule has 2 aliphatic carbocycles. The normalized spacial score (nSPS) is 21.2. The number of hydrogen-bond acceptors (Lipinski definition) is 4. The van der Waals surface area contributed by atoms with Crippen LogP contribution in [0.4, 0.5) is 5.82 Å². The predicted molar refractivity (Wildman–Crippen MR) is 69.6 cm³/mol. The molecule has 0 bridgehead atoms. The van der Waals surface area contributed by atoms with Crippen LogP contribution < -0.4 is 5.32 Å². The minimum absolute atomic E-state index is 0.255. The largest absolute Gasteiger partial charge is 0.369 e. The molecule has 2 aromatic heterocycles. The Bertz CT molecular complexity index is 600. The topological polar surface area (TPSA) is 66.5 Å². The van der Waals surface area contributed by atoms with E-state index in [0.717, 1.165) is 23.7 Å². The predicted octanol–water partition coefficient (Wildman–Crippen LogP) is 2.61. The quantitative estimate of drug-likeness (QED) is 0.832. The molecule has 6 heteroatoms. The summed E-state index contributed by atoms with van der Waals surface area (Å²) in [4.78, 5) is 8.37. The van der Waals surface area contributed by atoms with Gasteiger partial charge in [0.15, 0.2) is 5.65 Å². The second-order valence-electron chi connectivity index (χ2n) is 5.46. The molecule has 94 valence electrons. The molecular formula is C12H14ClN5. The second kappa shape index (κ2) is 3.57. The first kappa shape index (κ1) is 10.6. The summed E-state index contributed by atoms with van der Waals surface area (Å²) < 4.78 is 0. The Morgan fingerprint density at radius 2 is 2.22 bits per heavy atom. The van der Waals surface area contributed by atoms with E-state index in [1.54, 1.807) is 6.20 Å². The van der Waals surface area contributed by atoms with E-state index in [4.69, 9.17) is 11.6 Å². The van der Waals surface area contributed by atoms with E-state index >= 15 is 0 Å². The Hall–Kier alpha value is -1.36. The molecule has 2 fully saturated rings. The lowest BCUT2D eigenvalue weighted by atomic mass is 10.0. The summed E-state index contributed by atoms with van der Waals surface area (Å²) in [5.74, 6) is 1.73. The van der Waals surface area contributed by atoms with Crippen LogP contribution in [0.2, 0.25) is 5.28 Å². The second-order valence-corrected chi connectivity index (χ2v) is 5.80. The van der Waals surface area contributed by atoms with E-state index in [9.17, 15) is 0 Å². The van der Waals surface area contributed by atoms with Crippen LogP contribution in [0.1, 0.15) is 25.7 Å². The molecule has 2 heterocycles. The third-order valence-corrected chi connectivity index (χ3v) is 4.39. The smallest absolute Gasteiger partial charge is 0.226 e. The average molecular weight is 264 g/mol. The first-order chi connectivity index (χ1) is 8.77. The minimum atomic E-state index is 0.255. The zero-order valence-electron chi connectivity index (χ0n) is 9.91. The van der Waals surface area contributed by atoms with Gasteiger partial charge in [-0.2, -0.15) is 15.1 Å². The third-order valence-electron chi connectivity index (χ3n) is 4.23. The molecule has 18 heavy (non-hydrogen) atoms. The number of halogens is 1. The number of H-pyrrole nitrogens is 1. The standard InChI is InChI=1S/C12H14ClN5/c13-11-16-9(8-5-15-18-10(8)17-11)14-6-12(3-4-12)7-1-2-7/h5,7H,1-4,6H2,(H2,14,15,16,17,18). The summed E-state index contributed by atoms with van der Waals surface area (Å²) in [7, 11) is 0. The van der Waals surface area contributed by atoms with Crippen molar-refractivity contribution in [3.8, 4) is 0 Å². The van der Waals surface area contributed by atoms with Gasteiger partial charge >= 0.3 is 0 Å². The van der Waals surface area contributed by atoms with Crippen molar-refractivity contribution >= 4 is 28.5 Å². The lowest BCUT2D eigenvalue weighted by Crippen LogP contribution is -2.18. The van der Waals surface area contributed by atoms with E-state index < -0.39 is 0 Å². The summed E-state index contributed by atoms with van der Waals surface area (Å²) in [6.45, 7) is 0.991. The van der Waals surface area contributed by atoms with Crippen LogP contribution >= 0.6 is 11.6 Å². The van der Waals surface area contributed by atoms with Gasteiger partial charge in [-0.25, -0.2) is 0 Å². The zero-order chi connectivity index (χ0) is 12.2. The van der Waals surface area contributed by atoms with Gasteiger partial charge < -0.3 is 5.32 Å². The lowest BCUT2D eigenvalue weighted by molar-refractivity contribution is 0.466. The van der Waals surface area contributed by atoms with Gasteiger partial charge in [0.2, 0.25) is 5.28 Å². The van der Waals surface area contributed by atoms with Gasteiger partial charge in [0, 0.05) is 6.54 Å². The summed E-state index contributed by atoms with van der Waals surface area (Å²) in [5, 5.41) is 11.4. The molecule has 0 aromatic carbocycles. The molecule has 5 nitrogen and oxygen atoms in total. The molecule has 2 aliphatic rings. The van der Waals surface area contributed by atoms with Gasteiger partial charge in [-0.1, -0.05) is 0 Å². The minimum Gasteiger partial charge on any atom is -0.369 e. The van der Waals surface area contributed by atoms with E-state index in [1.807, 2.05) is 0 Å². The Morgan fingerprint density at radius 1 is 1.39 bits per heavy atom. The van der Waals surface area contributed by atoms with Gasteiger partial charge in [0.25, 0.3) is 0 Å². The Balaban J connectivity index is 1.60. The van der Waals surface area contributed by atoms with Crippen LogP contribution in [0, 0.1) is 11.3 Å². The van der Waals surface area contributed by atoms with Crippen molar-refractivity contribution in [3.63, 3.8) is 0 Å². The van der Waals surface area contributed by atoms with Crippen molar-refractivity contribution in [2.75, 3.05) is 11.9 Å². The highest BCUT2D eigenvalue weighted by Crippen LogP contribution is 2.61. The molecular weight excluding hydrogens is 250 g/mol. The first-order valence-corrected chi connectivity index (χ1v) is 6.75. The van der Waals surface area contributed by atoms with Crippen LogP contribution in [0.25, 0.3) is 11.0 Å². The Labute approximate surface area is 109 Å². The molecule has 0 saturated heterocycles. The Morgan fingerprint density at radius 3 is 2.94 bits per heavy atom. The van der Waals surface area contributed by atoms with Crippen LogP contribution in [0.15, 0.2) is 6.20 Å². The molecule has 2 aromatic rings. The maximum atomic E-state index is 5.91. The molecule has 0 spiro atoms. The molecule has 2 N–H and O–H groups in total. The van der Waals surface area contributed by atoms with Crippen LogP contribution in [0.5, 0.6) is 0 Å². The average Bonchev–Trinajstić information content (AvgIpc) is 3.23. The van der Waals surface area contributed by atoms with Gasteiger partial charge in [0.05, 0.1) is 11.6 Å². The lowest BCUT2D eigenvalue weighted by Gasteiger charge is -2.15. The van der Waals surface area contributed by atoms with Crippen molar-refractivity contribution < 1.29 is 0 Å². The van der Waals surface area contributed by atoms with Crippen molar-refractivity contribution in [1.82, 2.24) is 20.2 Å². The third kappa shape index (κ3) is 1.65. The van der Waals surface area contributed by atoms with Gasteiger partial charge in [0.1, 0.15) is 5.82 Å². The number of rotatable bonds is 4. The SMILES string of the molecule is Clc1nc(NCC2(C3CC3)CC2)c2cn[nH]c2n1. The van der Waals surface area contributed by atoms with Gasteiger partial charge in [-0.05, 0) is 48.6 Å². The molecule has 0 aliphatic heterocycles. The number of aromatic nitrogens is 4. The number of hydrogen-bond donors (Lipinski definition) is 2. The monoisotopic (exact) mass is 263 g/mol. The number of nitrogens with zero attached hydrogens (tertiary/aromatic N) is 3. The van der Waals surface area contributed by atoms with Crippen molar-refractivity contribution in [3.05, 3.63) is 11.5 Å². The molecule has 0 amide bonds. The fraction of sp³-hybridized carbons (Fsp3) is 0.583. The molecule has 0 radical (unpaired) electrons. The van der Waals surface area contributed by atoms with Crippen LogP contribution in [-0.4, -0.2) is 26.7 Å². The summed E-state index contributed by atoms with van der Waals surface area (Å²) >= 11 is 5.91. The number of nitrogens with one attached hydrogen (secondary N) is 2.